The molecule has 2 aromatic carbocycles. The van der Waals surface area contributed by atoms with Crippen LogP contribution in [0.15, 0.2) is 66.9 Å². The van der Waals surface area contributed by atoms with Gasteiger partial charge >= 0.3 is 6.09 Å². The summed E-state index contributed by atoms with van der Waals surface area (Å²) < 4.78 is 5.36. The number of carbonyl (C=O) groups is 3. The second-order valence-corrected chi connectivity index (χ2v) is 15.1. The molecule has 2 fully saturated rings. The van der Waals surface area contributed by atoms with Crippen LogP contribution in [0.4, 0.5) is 16.3 Å². The SMILES string of the molecule is CN1CCN(c2ccc(-c3ccc(C[C@H](NC(=O)C4CCC(CNC(=O)OC(C)(C)C)CC4)C(=O)Nc4ccc(-c5nnn[nH]5)cc4)cc3)cn2)CC1. The molecule has 4 N–H and O–H groups in total. The van der Waals surface area contributed by atoms with Gasteiger partial charge in [0.15, 0.2) is 5.82 Å². The summed E-state index contributed by atoms with van der Waals surface area (Å²) in [7, 11) is 2.14. The van der Waals surface area contributed by atoms with Gasteiger partial charge in [-0.25, -0.2) is 14.9 Å². The molecule has 0 bridgehead atoms. The van der Waals surface area contributed by atoms with E-state index in [9.17, 15) is 14.4 Å². The summed E-state index contributed by atoms with van der Waals surface area (Å²) in [5.41, 5.74) is 3.76. The highest BCUT2D eigenvalue weighted by atomic mass is 16.6. The highest BCUT2D eigenvalue weighted by Gasteiger charge is 2.30. The average molecular weight is 723 g/mol. The summed E-state index contributed by atoms with van der Waals surface area (Å²) in [5, 5.41) is 22.8. The zero-order valence-electron chi connectivity index (χ0n) is 31.0. The molecule has 3 heterocycles. The summed E-state index contributed by atoms with van der Waals surface area (Å²) in [6.07, 6.45) is 4.74. The van der Waals surface area contributed by atoms with Crippen molar-refractivity contribution in [2.75, 3.05) is 50.0 Å². The number of pyridine rings is 1. The fourth-order valence-corrected chi connectivity index (χ4v) is 6.74. The summed E-state index contributed by atoms with van der Waals surface area (Å²) in [4.78, 5) is 48.9. The van der Waals surface area contributed by atoms with Crippen molar-refractivity contribution in [1.82, 2.24) is 41.1 Å². The molecule has 14 heteroatoms. The number of ether oxygens (including phenoxy) is 1. The Bertz CT molecular complexity index is 1790. The van der Waals surface area contributed by atoms with Crippen LogP contribution in [0.5, 0.6) is 0 Å². The number of alkyl carbamates (subject to hydrolysis) is 1. The summed E-state index contributed by atoms with van der Waals surface area (Å²) in [6, 6.07) is 18.6. The van der Waals surface area contributed by atoms with Crippen molar-refractivity contribution in [2.45, 2.75) is 64.5 Å². The van der Waals surface area contributed by atoms with Crippen molar-refractivity contribution < 1.29 is 19.1 Å². The van der Waals surface area contributed by atoms with Crippen molar-refractivity contribution in [1.29, 1.82) is 0 Å². The van der Waals surface area contributed by atoms with Crippen molar-refractivity contribution >= 4 is 29.4 Å². The Morgan fingerprint density at radius 1 is 0.887 bits per heavy atom. The van der Waals surface area contributed by atoms with E-state index in [0.717, 1.165) is 67.1 Å². The molecule has 1 saturated heterocycles. The number of rotatable bonds is 11. The number of H-pyrrole nitrogens is 1. The molecular formula is C39H50N10O4. The van der Waals surface area contributed by atoms with Crippen LogP contribution in [0.3, 0.4) is 0 Å². The first-order valence-electron chi connectivity index (χ1n) is 18.4. The highest BCUT2D eigenvalue weighted by molar-refractivity contribution is 5.97. The quantitative estimate of drug-likeness (QED) is 0.171. The topological polar surface area (TPSA) is 170 Å². The fourth-order valence-electron chi connectivity index (χ4n) is 6.74. The van der Waals surface area contributed by atoms with Crippen LogP contribution < -0.4 is 20.9 Å². The number of benzene rings is 2. The smallest absolute Gasteiger partial charge is 0.407 e. The van der Waals surface area contributed by atoms with Gasteiger partial charge in [-0.2, -0.15) is 0 Å². The molecule has 2 aliphatic rings. The van der Waals surface area contributed by atoms with Crippen molar-refractivity contribution in [3.05, 3.63) is 72.4 Å². The number of nitrogens with zero attached hydrogens (tertiary/aromatic N) is 6. The van der Waals surface area contributed by atoms with Crippen molar-refractivity contribution in [2.24, 2.45) is 11.8 Å². The van der Waals surface area contributed by atoms with E-state index in [0.29, 0.717) is 37.3 Å². The van der Waals surface area contributed by atoms with Crippen molar-refractivity contribution in [3.63, 3.8) is 0 Å². The van der Waals surface area contributed by atoms with Gasteiger partial charge in [0.1, 0.15) is 17.5 Å². The third-order valence-electron chi connectivity index (χ3n) is 9.86. The molecule has 0 spiro atoms. The van der Waals surface area contributed by atoms with Crippen LogP contribution in [0, 0.1) is 11.8 Å². The minimum absolute atomic E-state index is 0.139. The number of piperazine rings is 1. The number of anilines is 2. The first kappa shape index (κ1) is 37.4. The lowest BCUT2D eigenvalue weighted by Gasteiger charge is -2.33. The van der Waals surface area contributed by atoms with Crippen molar-refractivity contribution in [3.8, 4) is 22.5 Å². The molecule has 3 amide bonds. The second-order valence-electron chi connectivity index (χ2n) is 15.1. The van der Waals surface area contributed by atoms with Gasteiger partial charge in [0.05, 0.1) is 0 Å². The Labute approximate surface area is 310 Å². The molecule has 1 aliphatic carbocycles. The summed E-state index contributed by atoms with van der Waals surface area (Å²) in [6.45, 7) is 9.97. The maximum Gasteiger partial charge on any atom is 0.407 e. The Balaban J connectivity index is 1.09. The van der Waals surface area contributed by atoms with E-state index in [1.54, 1.807) is 12.1 Å². The normalized spacial score (nSPS) is 18.5. The number of likely N-dealkylation sites (N-methyl/N-ethyl adjacent to an activating group) is 1. The average Bonchev–Trinajstić information content (AvgIpc) is 3.70. The fraction of sp³-hybridized carbons (Fsp3) is 0.462. The third kappa shape index (κ3) is 10.6. The Kier molecular flexibility index (Phi) is 12.0. The number of aromatic amines is 1. The van der Waals surface area contributed by atoms with Gasteiger partial charge in [-0.15, -0.1) is 5.10 Å². The molecule has 0 radical (unpaired) electrons. The Hall–Kier alpha value is -5.37. The van der Waals surface area contributed by atoms with Gasteiger partial charge in [-0.3, -0.25) is 9.59 Å². The lowest BCUT2D eigenvalue weighted by Crippen LogP contribution is -2.48. The number of amides is 3. The van der Waals surface area contributed by atoms with E-state index in [1.165, 1.54) is 0 Å². The number of tetrazole rings is 1. The summed E-state index contributed by atoms with van der Waals surface area (Å²) in [5.74, 6) is 1.10. The van der Waals surface area contributed by atoms with Crippen LogP contribution in [0.2, 0.25) is 0 Å². The molecule has 4 aromatic rings. The van der Waals surface area contributed by atoms with Crippen LogP contribution >= 0.6 is 0 Å². The molecule has 1 aliphatic heterocycles. The number of nitrogens with one attached hydrogen (secondary N) is 4. The first-order valence-corrected chi connectivity index (χ1v) is 18.4. The molecule has 280 valence electrons. The number of carbonyl (C=O) groups excluding carboxylic acids is 3. The monoisotopic (exact) mass is 722 g/mol. The van der Waals surface area contributed by atoms with E-state index in [-0.39, 0.29) is 23.7 Å². The van der Waals surface area contributed by atoms with Gasteiger partial charge in [-0.05, 0) is 117 Å². The van der Waals surface area contributed by atoms with E-state index >= 15 is 0 Å². The Morgan fingerprint density at radius 2 is 1.57 bits per heavy atom. The third-order valence-corrected chi connectivity index (χ3v) is 9.86. The van der Waals surface area contributed by atoms with Gasteiger partial charge < -0.3 is 30.5 Å². The molecule has 1 saturated carbocycles. The lowest BCUT2D eigenvalue weighted by molar-refractivity contribution is -0.130. The van der Waals surface area contributed by atoms with E-state index < -0.39 is 17.7 Å². The van der Waals surface area contributed by atoms with E-state index in [2.05, 4.69) is 65.6 Å². The molecular weight excluding hydrogens is 672 g/mol. The largest absolute Gasteiger partial charge is 0.444 e. The minimum Gasteiger partial charge on any atom is -0.444 e. The maximum absolute atomic E-state index is 13.8. The minimum atomic E-state index is -0.803. The predicted molar refractivity (Wildman–Crippen MR) is 203 cm³/mol. The summed E-state index contributed by atoms with van der Waals surface area (Å²) >= 11 is 0. The second kappa shape index (κ2) is 17.0. The van der Waals surface area contributed by atoms with Crippen LogP contribution in [0.1, 0.15) is 52.0 Å². The van der Waals surface area contributed by atoms with Crippen LogP contribution in [-0.2, 0) is 20.7 Å². The number of hydrogen-bond donors (Lipinski definition) is 4. The van der Waals surface area contributed by atoms with E-state index in [1.807, 2.05) is 63.4 Å². The van der Waals surface area contributed by atoms with Crippen LogP contribution in [-0.4, -0.2) is 99.8 Å². The zero-order valence-corrected chi connectivity index (χ0v) is 31.0. The van der Waals surface area contributed by atoms with Gasteiger partial charge in [0, 0.05) is 68.1 Å². The zero-order chi connectivity index (χ0) is 37.4. The molecule has 1 atom stereocenters. The van der Waals surface area contributed by atoms with Crippen LogP contribution in [0.25, 0.3) is 22.5 Å². The molecule has 0 unspecified atom stereocenters. The van der Waals surface area contributed by atoms with E-state index in [4.69, 9.17) is 9.72 Å². The molecule has 2 aromatic heterocycles. The maximum atomic E-state index is 13.8. The standard InChI is InChI=1S/C39H50N10O4/c1-39(2,3)53-38(52)41-24-27-7-11-30(12-8-27)36(50)43-33(37(51)42-32-16-13-29(14-17-32)35-44-46-47-45-35)23-26-5-9-28(10-6-26)31-15-18-34(40-25-31)49-21-19-48(4)20-22-49/h5-6,9-10,13-18,25,27,30,33H,7-8,11-12,19-24H2,1-4H3,(H,41,52)(H,42,51)(H,43,50)(H,44,45,46,47)/t27?,30?,33-/m0/s1. The Morgan fingerprint density at radius 3 is 2.19 bits per heavy atom. The lowest BCUT2D eigenvalue weighted by atomic mass is 9.81. The molecule has 14 nitrogen and oxygen atoms in total. The van der Waals surface area contributed by atoms with Gasteiger partial charge in [0.2, 0.25) is 11.8 Å². The number of hydrogen-bond acceptors (Lipinski definition) is 10. The first-order chi connectivity index (χ1) is 25.5. The molecule has 53 heavy (non-hydrogen) atoms. The molecule has 6 rings (SSSR count). The van der Waals surface area contributed by atoms with Gasteiger partial charge in [-0.1, -0.05) is 24.3 Å². The van der Waals surface area contributed by atoms with Gasteiger partial charge in [0.25, 0.3) is 0 Å². The highest BCUT2D eigenvalue weighted by Crippen LogP contribution is 2.29. The number of aromatic nitrogens is 5. The predicted octanol–water partition coefficient (Wildman–Crippen LogP) is 4.68.